The molecule has 1 aliphatic rings. The summed E-state index contributed by atoms with van der Waals surface area (Å²) in [5.41, 5.74) is 0. The molecule has 1 saturated heterocycles. The van der Waals surface area contributed by atoms with E-state index in [9.17, 15) is 0 Å². The molecule has 2 aromatic heterocycles. The molecular formula is C14H20N6OS2. The lowest BCUT2D eigenvalue weighted by atomic mass is 10.3. The predicted molar refractivity (Wildman–Crippen MR) is 92.5 cm³/mol. The number of hydrogen-bond acceptors (Lipinski definition) is 8. The van der Waals surface area contributed by atoms with Gasteiger partial charge in [-0.2, -0.15) is 0 Å². The van der Waals surface area contributed by atoms with Crippen LogP contribution in [0.15, 0.2) is 18.5 Å². The van der Waals surface area contributed by atoms with Crippen LogP contribution < -0.4 is 9.64 Å². The minimum absolute atomic E-state index is 0.110. The van der Waals surface area contributed by atoms with E-state index in [2.05, 4.69) is 24.9 Å². The first-order chi connectivity index (χ1) is 11.1. The highest BCUT2D eigenvalue weighted by Crippen LogP contribution is 2.19. The smallest absolute Gasteiger partial charge is 0.293 e. The summed E-state index contributed by atoms with van der Waals surface area (Å²) in [7, 11) is 0. The van der Waals surface area contributed by atoms with E-state index in [4.69, 9.17) is 17.0 Å². The van der Waals surface area contributed by atoms with E-state index >= 15 is 0 Å². The average molecular weight is 352 g/mol. The van der Waals surface area contributed by atoms with Crippen LogP contribution in [0.3, 0.4) is 0 Å². The van der Waals surface area contributed by atoms with Crippen LogP contribution in [-0.2, 0) is 6.67 Å². The molecule has 0 N–H and O–H groups in total. The van der Waals surface area contributed by atoms with Gasteiger partial charge in [0.05, 0.1) is 12.8 Å². The summed E-state index contributed by atoms with van der Waals surface area (Å²) < 4.78 is 8.20. The molecule has 1 fully saturated rings. The van der Waals surface area contributed by atoms with Gasteiger partial charge in [-0.05, 0) is 43.5 Å². The van der Waals surface area contributed by atoms with Crippen LogP contribution >= 0.6 is 23.6 Å². The molecule has 9 heteroatoms. The Kier molecular flexibility index (Phi) is 5.19. The Bertz CT molecular complexity index is 678. The third-order valence-corrected chi connectivity index (χ3v) is 4.66. The summed E-state index contributed by atoms with van der Waals surface area (Å²) in [6.45, 7) is 8.32. The molecular weight excluding hydrogens is 332 g/mol. The number of nitrogens with zero attached hydrogens (tertiary/aromatic N) is 6. The van der Waals surface area contributed by atoms with Crippen molar-refractivity contribution in [2.24, 2.45) is 0 Å². The highest BCUT2D eigenvalue weighted by atomic mass is 32.1. The lowest BCUT2D eigenvalue weighted by Gasteiger charge is -2.34. The van der Waals surface area contributed by atoms with Gasteiger partial charge >= 0.3 is 0 Å². The zero-order valence-electron chi connectivity index (χ0n) is 13.3. The van der Waals surface area contributed by atoms with Gasteiger partial charge in [0.25, 0.3) is 5.19 Å². The lowest BCUT2D eigenvalue weighted by molar-refractivity contribution is 0.186. The van der Waals surface area contributed by atoms with Crippen LogP contribution in [0.5, 0.6) is 5.19 Å². The fourth-order valence-electron chi connectivity index (χ4n) is 2.36. The van der Waals surface area contributed by atoms with Crippen LogP contribution in [0.4, 0.5) is 5.95 Å². The van der Waals surface area contributed by atoms with Crippen molar-refractivity contribution < 1.29 is 4.74 Å². The molecule has 7 nitrogen and oxygen atoms in total. The van der Waals surface area contributed by atoms with E-state index in [-0.39, 0.29) is 6.10 Å². The molecule has 0 radical (unpaired) electrons. The molecule has 0 amide bonds. The topological polar surface area (TPSA) is 59.3 Å². The molecule has 3 heterocycles. The van der Waals surface area contributed by atoms with Crippen molar-refractivity contribution in [2.75, 3.05) is 31.1 Å². The van der Waals surface area contributed by atoms with Gasteiger partial charge < -0.3 is 9.64 Å². The Morgan fingerprint density at radius 3 is 2.57 bits per heavy atom. The number of aromatic nitrogens is 4. The molecule has 0 unspecified atom stereocenters. The third-order valence-electron chi connectivity index (χ3n) is 3.47. The zero-order chi connectivity index (χ0) is 16.2. The van der Waals surface area contributed by atoms with E-state index in [1.54, 1.807) is 12.4 Å². The van der Waals surface area contributed by atoms with Crippen molar-refractivity contribution in [2.45, 2.75) is 26.6 Å². The molecule has 1 aliphatic heterocycles. The highest BCUT2D eigenvalue weighted by molar-refractivity contribution is 7.73. The number of rotatable bonds is 5. The number of anilines is 1. The second-order valence-corrected chi connectivity index (χ2v) is 7.18. The molecule has 0 aromatic carbocycles. The fraction of sp³-hybridized carbons (Fsp3) is 0.571. The Hall–Kier alpha value is -1.58. The largest absolute Gasteiger partial charge is 0.466 e. The maximum absolute atomic E-state index is 5.62. The first-order valence-electron chi connectivity index (χ1n) is 7.61. The quantitative estimate of drug-likeness (QED) is 0.763. The van der Waals surface area contributed by atoms with Gasteiger partial charge in [0.1, 0.15) is 0 Å². The average Bonchev–Trinajstić information content (AvgIpc) is 2.87. The van der Waals surface area contributed by atoms with Crippen LogP contribution in [0, 0.1) is 3.95 Å². The normalized spacial score (nSPS) is 16.0. The van der Waals surface area contributed by atoms with Crippen LogP contribution in [0.2, 0.25) is 0 Å². The fourth-order valence-corrected chi connectivity index (χ4v) is 3.40. The van der Waals surface area contributed by atoms with Gasteiger partial charge in [-0.15, -0.1) is 5.10 Å². The molecule has 0 spiro atoms. The maximum Gasteiger partial charge on any atom is 0.293 e. The SMILES string of the molecule is CC(C)Oc1nn(CN2CCN(c3ncccn3)CC2)c(=S)s1. The number of hydrogen-bond donors (Lipinski definition) is 0. The van der Waals surface area contributed by atoms with Crippen molar-refractivity contribution in [3.05, 3.63) is 22.4 Å². The Balaban J connectivity index is 1.57. The molecule has 0 aliphatic carbocycles. The second-order valence-electron chi connectivity index (χ2n) is 5.60. The molecule has 124 valence electrons. The van der Waals surface area contributed by atoms with E-state index in [0.717, 1.165) is 36.1 Å². The first kappa shape index (κ1) is 16.3. The van der Waals surface area contributed by atoms with E-state index in [0.29, 0.717) is 11.9 Å². The van der Waals surface area contributed by atoms with Crippen LogP contribution in [0.25, 0.3) is 0 Å². The van der Waals surface area contributed by atoms with Crippen LogP contribution in [0.1, 0.15) is 13.8 Å². The zero-order valence-corrected chi connectivity index (χ0v) is 14.9. The summed E-state index contributed by atoms with van der Waals surface area (Å²) in [5.74, 6) is 0.796. The second kappa shape index (κ2) is 7.33. The Labute approximate surface area is 144 Å². The highest BCUT2D eigenvalue weighted by Gasteiger charge is 2.19. The first-order valence-corrected chi connectivity index (χ1v) is 8.83. The standard InChI is InChI=1S/C14H20N6OS2/c1-11(2)21-13-17-20(14(22)23-13)10-18-6-8-19(9-7-18)12-15-4-3-5-16-12/h3-5,11H,6-10H2,1-2H3. The summed E-state index contributed by atoms with van der Waals surface area (Å²) >= 11 is 6.79. The molecule has 0 saturated carbocycles. The van der Waals surface area contributed by atoms with E-state index < -0.39 is 0 Å². The van der Waals surface area contributed by atoms with Gasteiger partial charge in [0.15, 0.2) is 3.95 Å². The monoisotopic (exact) mass is 352 g/mol. The summed E-state index contributed by atoms with van der Waals surface area (Å²) in [6, 6.07) is 1.83. The van der Waals surface area contributed by atoms with E-state index in [1.807, 2.05) is 24.6 Å². The lowest BCUT2D eigenvalue weighted by Crippen LogP contribution is -2.47. The predicted octanol–water partition coefficient (Wildman–Crippen LogP) is 2.03. The molecule has 2 aromatic rings. The molecule has 0 atom stereocenters. The Morgan fingerprint density at radius 2 is 1.91 bits per heavy atom. The maximum atomic E-state index is 5.62. The van der Waals surface area contributed by atoms with Gasteiger partial charge in [-0.25, -0.2) is 14.6 Å². The van der Waals surface area contributed by atoms with Crippen molar-refractivity contribution in [1.82, 2.24) is 24.6 Å². The van der Waals surface area contributed by atoms with Crippen LogP contribution in [-0.4, -0.2) is 56.9 Å². The molecule has 3 rings (SSSR count). The third kappa shape index (κ3) is 4.24. The van der Waals surface area contributed by atoms with Gasteiger partial charge in [-0.3, -0.25) is 4.90 Å². The van der Waals surface area contributed by atoms with Crippen molar-refractivity contribution in [3.63, 3.8) is 0 Å². The molecule has 0 bridgehead atoms. The number of ether oxygens (including phenoxy) is 1. The van der Waals surface area contributed by atoms with Gasteiger partial charge in [0, 0.05) is 38.6 Å². The van der Waals surface area contributed by atoms with Gasteiger partial charge in [0.2, 0.25) is 5.95 Å². The molecule has 23 heavy (non-hydrogen) atoms. The minimum atomic E-state index is 0.110. The summed E-state index contributed by atoms with van der Waals surface area (Å²) in [5, 5.41) is 5.09. The van der Waals surface area contributed by atoms with Gasteiger partial charge in [-0.1, -0.05) is 0 Å². The van der Waals surface area contributed by atoms with Crippen molar-refractivity contribution >= 4 is 29.5 Å². The Morgan fingerprint density at radius 1 is 1.22 bits per heavy atom. The minimum Gasteiger partial charge on any atom is -0.466 e. The summed E-state index contributed by atoms with van der Waals surface area (Å²) in [4.78, 5) is 13.1. The van der Waals surface area contributed by atoms with Crippen molar-refractivity contribution in [3.8, 4) is 5.19 Å². The van der Waals surface area contributed by atoms with Crippen molar-refractivity contribution in [1.29, 1.82) is 0 Å². The van der Waals surface area contributed by atoms with E-state index in [1.165, 1.54) is 11.3 Å². The number of piperazine rings is 1. The summed E-state index contributed by atoms with van der Waals surface area (Å²) in [6.07, 6.45) is 3.66.